The topological polar surface area (TPSA) is 41.6 Å². The summed E-state index contributed by atoms with van der Waals surface area (Å²) in [5.41, 5.74) is 1.01. The van der Waals surface area contributed by atoms with Gasteiger partial charge in [0.15, 0.2) is 0 Å². The van der Waals surface area contributed by atoms with Crippen LogP contribution in [0.25, 0.3) is 0 Å². The van der Waals surface area contributed by atoms with Crippen LogP contribution >= 0.6 is 11.3 Å². The molecule has 0 radical (unpaired) electrons. The third kappa shape index (κ3) is 2.08. The van der Waals surface area contributed by atoms with E-state index < -0.39 is 0 Å². The number of nitrogens with one attached hydrogen (secondary N) is 1. The van der Waals surface area contributed by atoms with Crippen LogP contribution in [0.5, 0.6) is 0 Å². The van der Waals surface area contributed by atoms with Crippen LogP contribution in [0.15, 0.2) is 16.8 Å². The van der Waals surface area contributed by atoms with Crippen molar-refractivity contribution in [2.45, 2.75) is 37.4 Å². The van der Waals surface area contributed by atoms with E-state index in [9.17, 15) is 4.79 Å². The smallest absolute Gasteiger partial charge is 0.244 e. The normalized spacial score (nSPS) is 31.4. The van der Waals surface area contributed by atoms with Crippen molar-refractivity contribution in [3.8, 4) is 0 Å². The van der Waals surface area contributed by atoms with Crippen LogP contribution in [0.1, 0.15) is 37.4 Å². The van der Waals surface area contributed by atoms with Gasteiger partial charge in [0.05, 0.1) is 0 Å². The molecule has 3 fully saturated rings. The van der Waals surface area contributed by atoms with Crippen molar-refractivity contribution in [3.63, 3.8) is 0 Å². The first-order valence-electron chi connectivity index (χ1n) is 7.47. The first kappa shape index (κ1) is 12.8. The number of amides is 1. The number of hydrogen-bond donors (Lipinski definition) is 1. The first-order valence-corrected chi connectivity index (χ1v) is 8.41. The van der Waals surface area contributed by atoms with Crippen molar-refractivity contribution in [2.24, 2.45) is 5.92 Å². The Morgan fingerprint density at radius 3 is 3.05 bits per heavy atom. The Bertz CT molecular complexity index is 492. The average Bonchev–Trinajstić information content (AvgIpc) is 2.90. The van der Waals surface area contributed by atoms with Crippen molar-refractivity contribution < 1.29 is 9.53 Å². The van der Waals surface area contributed by atoms with Crippen LogP contribution in [0.3, 0.4) is 0 Å². The van der Waals surface area contributed by atoms with E-state index in [0.29, 0.717) is 11.8 Å². The molecule has 0 bridgehead atoms. The average molecular weight is 292 g/mol. The summed E-state index contributed by atoms with van der Waals surface area (Å²) in [7, 11) is 0. The van der Waals surface area contributed by atoms with Crippen molar-refractivity contribution >= 4 is 17.2 Å². The molecule has 2 atom stereocenters. The first-order chi connectivity index (χ1) is 9.78. The zero-order chi connectivity index (χ0) is 13.6. The Hall–Kier alpha value is -0.910. The zero-order valence-electron chi connectivity index (χ0n) is 11.5. The minimum atomic E-state index is -0.223. The lowest BCUT2D eigenvalue weighted by Gasteiger charge is -2.24. The molecule has 1 aliphatic carbocycles. The van der Waals surface area contributed by atoms with Gasteiger partial charge in [-0.2, -0.15) is 11.3 Å². The molecular formula is C15H20N2O2S. The number of carbonyl (C=O) groups excluding carboxylic acids is 1. The highest BCUT2D eigenvalue weighted by atomic mass is 32.1. The van der Waals surface area contributed by atoms with E-state index in [0.717, 1.165) is 45.4 Å². The Labute approximate surface area is 123 Å². The highest BCUT2D eigenvalue weighted by Crippen LogP contribution is 2.46. The van der Waals surface area contributed by atoms with Crippen LogP contribution in [-0.2, 0) is 9.53 Å². The van der Waals surface area contributed by atoms with Gasteiger partial charge in [-0.1, -0.05) is 0 Å². The summed E-state index contributed by atoms with van der Waals surface area (Å²) in [5, 5.41) is 7.81. The van der Waals surface area contributed by atoms with Gasteiger partial charge in [0, 0.05) is 19.8 Å². The van der Waals surface area contributed by atoms with Crippen molar-refractivity contribution in [2.75, 3.05) is 19.8 Å². The molecule has 0 aromatic carbocycles. The lowest BCUT2D eigenvalue weighted by molar-refractivity contribution is -0.131. The Morgan fingerprint density at radius 2 is 2.40 bits per heavy atom. The quantitative estimate of drug-likeness (QED) is 0.924. The van der Waals surface area contributed by atoms with Crippen molar-refractivity contribution in [3.05, 3.63) is 22.4 Å². The lowest BCUT2D eigenvalue weighted by atomic mass is 10.0. The van der Waals surface area contributed by atoms with Gasteiger partial charge in [-0.05, 0) is 54.0 Å². The molecule has 3 heterocycles. The maximum Gasteiger partial charge on any atom is 0.244 e. The summed E-state index contributed by atoms with van der Waals surface area (Å²) in [4.78, 5) is 14.7. The summed E-state index contributed by atoms with van der Waals surface area (Å²) >= 11 is 1.70. The van der Waals surface area contributed by atoms with E-state index >= 15 is 0 Å². The molecule has 20 heavy (non-hydrogen) atoms. The second-order valence-electron chi connectivity index (χ2n) is 6.20. The maximum atomic E-state index is 12.6. The molecule has 2 saturated heterocycles. The maximum absolute atomic E-state index is 12.6. The predicted molar refractivity (Wildman–Crippen MR) is 77.4 cm³/mol. The molecule has 4 nitrogen and oxygen atoms in total. The number of nitrogens with zero attached hydrogens (tertiary/aromatic N) is 1. The third-order valence-electron chi connectivity index (χ3n) is 4.81. The molecule has 2 unspecified atom stereocenters. The second-order valence-corrected chi connectivity index (χ2v) is 6.98. The van der Waals surface area contributed by atoms with Crippen LogP contribution in [0.4, 0.5) is 0 Å². The number of carbonyl (C=O) groups is 1. The fraction of sp³-hybridized carbons (Fsp3) is 0.667. The molecule has 108 valence electrons. The molecule has 1 spiro atoms. The molecule has 1 aromatic heterocycles. The van der Waals surface area contributed by atoms with Crippen molar-refractivity contribution in [1.29, 1.82) is 0 Å². The highest BCUT2D eigenvalue weighted by Gasteiger charge is 2.59. The van der Waals surface area contributed by atoms with E-state index in [4.69, 9.17) is 4.74 Å². The van der Waals surface area contributed by atoms with Gasteiger partial charge >= 0.3 is 0 Å². The van der Waals surface area contributed by atoms with Gasteiger partial charge in [0.1, 0.15) is 11.7 Å². The van der Waals surface area contributed by atoms with Crippen LogP contribution in [0, 0.1) is 5.92 Å². The number of ether oxygens (including phenoxy) is 1. The van der Waals surface area contributed by atoms with Gasteiger partial charge < -0.3 is 9.64 Å². The molecule has 1 saturated carbocycles. The molecule has 1 N–H and O–H groups in total. The second kappa shape index (κ2) is 4.83. The van der Waals surface area contributed by atoms with E-state index in [1.54, 1.807) is 11.3 Å². The van der Waals surface area contributed by atoms with E-state index in [-0.39, 0.29) is 11.7 Å². The summed E-state index contributed by atoms with van der Waals surface area (Å²) in [6.07, 6.45) is 4.28. The summed E-state index contributed by atoms with van der Waals surface area (Å²) in [6, 6.07) is 2.13. The fourth-order valence-corrected chi connectivity index (χ4v) is 4.01. The third-order valence-corrected chi connectivity index (χ3v) is 5.51. The molecule has 5 heteroatoms. The zero-order valence-corrected chi connectivity index (χ0v) is 12.3. The van der Waals surface area contributed by atoms with E-state index in [1.807, 2.05) is 0 Å². The van der Waals surface area contributed by atoms with Gasteiger partial charge in [-0.25, -0.2) is 0 Å². The number of rotatable bonds is 4. The van der Waals surface area contributed by atoms with E-state index in [2.05, 4.69) is 27.0 Å². The molecule has 2 aliphatic heterocycles. The SMILES string of the molecule is O=C1N(CCC2CCOC2)C(c2ccsc2)NC12CC2. The van der Waals surface area contributed by atoms with Gasteiger partial charge in [0.25, 0.3) is 0 Å². The molecule has 4 rings (SSSR count). The number of thiophene rings is 1. The molecule has 3 aliphatic rings. The Morgan fingerprint density at radius 1 is 1.50 bits per heavy atom. The van der Waals surface area contributed by atoms with E-state index in [1.165, 1.54) is 5.56 Å². The summed E-state index contributed by atoms with van der Waals surface area (Å²) in [6.45, 7) is 2.60. The minimum absolute atomic E-state index is 0.0820. The Kier molecular flexibility index (Phi) is 3.09. The predicted octanol–water partition coefficient (Wildman–Crippen LogP) is 2.14. The van der Waals surface area contributed by atoms with Gasteiger partial charge in [0.2, 0.25) is 5.91 Å². The summed E-state index contributed by atoms with van der Waals surface area (Å²) < 4.78 is 5.43. The van der Waals surface area contributed by atoms with Crippen molar-refractivity contribution in [1.82, 2.24) is 10.2 Å². The molecule has 1 aromatic rings. The van der Waals surface area contributed by atoms with Gasteiger partial charge in [-0.15, -0.1) is 0 Å². The minimum Gasteiger partial charge on any atom is -0.381 e. The standard InChI is InChI=1S/C15H20N2O2S/c18-14-15(4-5-15)16-13(12-3-8-20-10-12)17(14)6-1-11-2-7-19-9-11/h3,8,10-11,13,16H,1-2,4-7,9H2. The van der Waals surface area contributed by atoms with Gasteiger partial charge in [-0.3, -0.25) is 10.1 Å². The largest absolute Gasteiger partial charge is 0.381 e. The highest BCUT2D eigenvalue weighted by molar-refractivity contribution is 7.07. The molecular weight excluding hydrogens is 272 g/mol. The summed E-state index contributed by atoms with van der Waals surface area (Å²) in [5.74, 6) is 0.939. The molecule has 1 amide bonds. The van der Waals surface area contributed by atoms with Crippen LogP contribution in [-0.4, -0.2) is 36.1 Å². The fourth-order valence-electron chi connectivity index (χ4n) is 3.33. The van der Waals surface area contributed by atoms with Crippen LogP contribution in [0.2, 0.25) is 0 Å². The lowest BCUT2D eigenvalue weighted by Crippen LogP contribution is -2.33. The monoisotopic (exact) mass is 292 g/mol. The van der Waals surface area contributed by atoms with Crippen LogP contribution < -0.4 is 5.32 Å². The number of hydrogen-bond acceptors (Lipinski definition) is 4. The Balaban J connectivity index is 1.49.